The molecular weight excluding hydrogens is 228 g/mol. The third kappa shape index (κ3) is 1.73. The van der Waals surface area contributed by atoms with Gasteiger partial charge in [-0.05, 0) is 29.7 Å². The number of hydrogen-bond donors (Lipinski definition) is 2. The molecule has 2 aromatic rings. The SMILES string of the molecule is Nc1cccc2c1CCN(C(=O)c1ccn[nH]1)C2. The Labute approximate surface area is 105 Å². The van der Waals surface area contributed by atoms with Gasteiger partial charge in [-0.1, -0.05) is 12.1 Å². The van der Waals surface area contributed by atoms with E-state index >= 15 is 0 Å². The van der Waals surface area contributed by atoms with Crippen LogP contribution in [0.5, 0.6) is 0 Å². The van der Waals surface area contributed by atoms with E-state index in [9.17, 15) is 4.79 Å². The third-order valence-electron chi connectivity index (χ3n) is 3.32. The number of nitrogens with two attached hydrogens (primary N) is 1. The monoisotopic (exact) mass is 242 g/mol. The first-order valence-corrected chi connectivity index (χ1v) is 5.90. The summed E-state index contributed by atoms with van der Waals surface area (Å²) < 4.78 is 0. The lowest BCUT2D eigenvalue weighted by Crippen LogP contribution is -2.36. The van der Waals surface area contributed by atoms with Crippen LogP contribution in [-0.4, -0.2) is 27.5 Å². The molecule has 1 aliphatic heterocycles. The number of nitrogens with one attached hydrogen (secondary N) is 1. The molecule has 0 fully saturated rings. The van der Waals surface area contributed by atoms with Crippen LogP contribution in [0.2, 0.25) is 0 Å². The van der Waals surface area contributed by atoms with E-state index in [1.54, 1.807) is 12.3 Å². The summed E-state index contributed by atoms with van der Waals surface area (Å²) in [6.45, 7) is 1.30. The van der Waals surface area contributed by atoms with Crippen LogP contribution >= 0.6 is 0 Å². The zero-order chi connectivity index (χ0) is 12.5. The maximum Gasteiger partial charge on any atom is 0.272 e. The van der Waals surface area contributed by atoms with Gasteiger partial charge in [0.2, 0.25) is 0 Å². The Kier molecular flexibility index (Phi) is 2.51. The summed E-state index contributed by atoms with van der Waals surface area (Å²) in [4.78, 5) is 14.0. The van der Waals surface area contributed by atoms with Crippen molar-refractivity contribution in [3.8, 4) is 0 Å². The van der Waals surface area contributed by atoms with Gasteiger partial charge < -0.3 is 10.6 Å². The van der Waals surface area contributed by atoms with Gasteiger partial charge in [0.15, 0.2) is 0 Å². The number of aromatic amines is 1. The number of benzene rings is 1. The fourth-order valence-corrected chi connectivity index (χ4v) is 2.36. The summed E-state index contributed by atoms with van der Waals surface area (Å²) in [5, 5.41) is 6.51. The molecule has 0 atom stereocenters. The largest absolute Gasteiger partial charge is 0.398 e. The van der Waals surface area contributed by atoms with Crippen molar-refractivity contribution in [1.82, 2.24) is 15.1 Å². The Morgan fingerprint density at radius 2 is 2.28 bits per heavy atom. The van der Waals surface area contributed by atoms with Crippen molar-refractivity contribution in [3.63, 3.8) is 0 Å². The average molecular weight is 242 g/mol. The fourth-order valence-electron chi connectivity index (χ4n) is 2.36. The van der Waals surface area contributed by atoms with E-state index in [2.05, 4.69) is 10.2 Å². The second-order valence-corrected chi connectivity index (χ2v) is 4.43. The Morgan fingerprint density at radius 3 is 3.06 bits per heavy atom. The van der Waals surface area contributed by atoms with Crippen LogP contribution in [-0.2, 0) is 13.0 Å². The number of carbonyl (C=O) groups excluding carboxylic acids is 1. The summed E-state index contributed by atoms with van der Waals surface area (Å²) in [6, 6.07) is 7.55. The molecule has 1 aromatic carbocycles. The van der Waals surface area contributed by atoms with Crippen LogP contribution in [0.3, 0.4) is 0 Å². The highest BCUT2D eigenvalue weighted by atomic mass is 16.2. The normalized spacial score (nSPS) is 14.3. The molecule has 5 nitrogen and oxygen atoms in total. The van der Waals surface area contributed by atoms with Crippen LogP contribution in [0.1, 0.15) is 21.6 Å². The number of nitrogen functional groups attached to an aromatic ring is 1. The first-order chi connectivity index (χ1) is 8.75. The molecule has 0 saturated heterocycles. The molecule has 3 rings (SSSR count). The summed E-state index contributed by atoms with van der Waals surface area (Å²) in [5.41, 5.74) is 9.59. The second-order valence-electron chi connectivity index (χ2n) is 4.43. The summed E-state index contributed by atoms with van der Waals surface area (Å²) >= 11 is 0. The van der Waals surface area contributed by atoms with E-state index in [0.29, 0.717) is 18.8 Å². The smallest absolute Gasteiger partial charge is 0.272 e. The fraction of sp³-hybridized carbons (Fsp3) is 0.231. The predicted octanol–water partition coefficient (Wildman–Crippen LogP) is 1.19. The predicted molar refractivity (Wildman–Crippen MR) is 67.9 cm³/mol. The van der Waals surface area contributed by atoms with Gasteiger partial charge in [-0.25, -0.2) is 0 Å². The first kappa shape index (κ1) is 10.8. The van der Waals surface area contributed by atoms with Gasteiger partial charge in [0.1, 0.15) is 5.69 Å². The molecule has 3 N–H and O–H groups in total. The van der Waals surface area contributed by atoms with Gasteiger partial charge in [-0.15, -0.1) is 0 Å². The summed E-state index contributed by atoms with van der Waals surface area (Å²) in [7, 11) is 0. The molecule has 0 radical (unpaired) electrons. The quantitative estimate of drug-likeness (QED) is 0.737. The third-order valence-corrected chi connectivity index (χ3v) is 3.32. The van der Waals surface area contributed by atoms with Crippen LogP contribution in [0, 0.1) is 0 Å². The summed E-state index contributed by atoms with van der Waals surface area (Å²) in [6.07, 6.45) is 2.39. The van der Waals surface area contributed by atoms with E-state index < -0.39 is 0 Å². The van der Waals surface area contributed by atoms with Crippen LogP contribution in [0.4, 0.5) is 5.69 Å². The van der Waals surface area contributed by atoms with Gasteiger partial charge in [-0.3, -0.25) is 9.89 Å². The number of aromatic nitrogens is 2. The molecule has 0 saturated carbocycles. The van der Waals surface area contributed by atoms with Crippen molar-refractivity contribution in [1.29, 1.82) is 0 Å². The minimum Gasteiger partial charge on any atom is -0.398 e. The van der Waals surface area contributed by atoms with Crippen molar-refractivity contribution >= 4 is 11.6 Å². The van der Waals surface area contributed by atoms with Crippen molar-refractivity contribution in [2.75, 3.05) is 12.3 Å². The van der Waals surface area contributed by atoms with Crippen LogP contribution in [0.15, 0.2) is 30.5 Å². The van der Waals surface area contributed by atoms with Gasteiger partial charge in [-0.2, -0.15) is 5.10 Å². The number of fused-ring (bicyclic) bond motifs is 1. The molecule has 0 unspecified atom stereocenters. The number of nitrogens with zero attached hydrogens (tertiary/aromatic N) is 2. The lowest BCUT2D eigenvalue weighted by atomic mass is 9.98. The van der Waals surface area contributed by atoms with Crippen LogP contribution in [0.25, 0.3) is 0 Å². The van der Waals surface area contributed by atoms with E-state index in [1.165, 1.54) is 5.56 Å². The van der Waals surface area contributed by atoms with E-state index in [4.69, 9.17) is 5.73 Å². The Hall–Kier alpha value is -2.30. The molecule has 0 aliphatic carbocycles. The zero-order valence-corrected chi connectivity index (χ0v) is 9.89. The maximum absolute atomic E-state index is 12.2. The second kappa shape index (κ2) is 4.18. The molecule has 92 valence electrons. The summed E-state index contributed by atoms with van der Waals surface area (Å²) in [5.74, 6) is -0.0134. The maximum atomic E-state index is 12.2. The highest BCUT2D eigenvalue weighted by molar-refractivity contribution is 5.92. The standard InChI is InChI=1S/C13H14N4O/c14-11-3-1-2-9-8-17(7-5-10(9)11)13(18)12-4-6-15-16-12/h1-4,6H,5,7-8,14H2,(H,15,16). The minimum atomic E-state index is -0.0134. The number of anilines is 1. The van der Waals surface area contributed by atoms with E-state index in [1.807, 2.05) is 23.1 Å². The molecule has 0 bridgehead atoms. The Morgan fingerprint density at radius 1 is 1.39 bits per heavy atom. The van der Waals surface area contributed by atoms with Gasteiger partial charge in [0.25, 0.3) is 5.91 Å². The average Bonchev–Trinajstić information content (AvgIpc) is 2.91. The van der Waals surface area contributed by atoms with Gasteiger partial charge >= 0.3 is 0 Å². The molecule has 1 aromatic heterocycles. The highest BCUT2D eigenvalue weighted by Gasteiger charge is 2.23. The van der Waals surface area contributed by atoms with Crippen LogP contribution < -0.4 is 5.73 Å². The molecule has 18 heavy (non-hydrogen) atoms. The molecule has 2 heterocycles. The van der Waals surface area contributed by atoms with Crippen molar-refractivity contribution < 1.29 is 4.79 Å². The molecule has 5 heteroatoms. The molecule has 0 spiro atoms. The lowest BCUT2D eigenvalue weighted by molar-refractivity contribution is 0.0729. The number of amides is 1. The topological polar surface area (TPSA) is 75.0 Å². The van der Waals surface area contributed by atoms with E-state index in [0.717, 1.165) is 17.7 Å². The molecule has 1 amide bonds. The van der Waals surface area contributed by atoms with Gasteiger partial charge in [0, 0.05) is 25.0 Å². The highest BCUT2D eigenvalue weighted by Crippen LogP contribution is 2.24. The molecular formula is C13H14N4O. The van der Waals surface area contributed by atoms with Crippen molar-refractivity contribution in [2.24, 2.45) is 0 Å². The lowest BCUT2D eigenvalue weighted by Gasteiger charge is -2.29. The number of hydrogen-bond acceptors (Lipinski definition) is 3. The zero-order valence-electron chi connectivity index (χ0n) is 9.89. The Bertz CT molecular complexity index is 577. The number of rotatable bonds is 1. The Balaban J connectivity index is 1.85. The first-order valence-electron chi connectivity index (χ1n) is 5.90. The van der Waals surface area contributed by atoms with Crippen molar-refractivity contribution in [2.45, 2.75) is 13.0 Å². The van der Waals surface area contributed by atoms with Gasteiger partial charge in [0.05, 0.1) is 0 Å². The minimum absolute atomic E-state index is 0.0134. The van der Waals surface area contributed by atoms with Crippen molar-refractivity contribution in [3.05, 3.63) is 47.3 Å². The molecule has 1 aliphatic rings. The number of H-pyrrole nitrogens is 1. The van der Waals surface area contributed by atoms with E-state index in [-0.39, 0.29) is 5.91 Å². The number of carbonyl (C=O) groups is 1.